The van der Waals surface area contributed by atoms with E-state index in [1.54, 1.807) is 0 Å². The van der Waals surface area contributed by atoms with Crippen molar-refractivity contribution in [1.29, 1.82) is 0 Å². The number of phenolic OH excluding ortho intramolecular Hbond substituents is 2. The lowest BCUT2D eigenvalue weighted by Gasteiger charge is -2.30. The minimum atomic E-state index is 0.00201. The van der Waals surface area contributed by atoms with Gasteiger partial charge in [0.1, 0.15) is 11.5 Å². The molecule has 2 heteroatoms. The second-order valence-electron chi connectivity index (χ2n) is 6.61. The average Bonchev–Trinajstić information content (AvgIpc) is 2.52. The third kappa shape index (κ3) is 3.69. The van der Waals surface area contributed by atoms with Gasteiger partial charge in [0.2, 0.25) is 0 Å². The highest BCUT2D eigenvalue weighted by molar-refractivity contribution is 5.56. The molecule has 0 amide bonds. The first-order valence-corrected chi connectivity index (χ1v) is 8.44. The van der Waals surface area contributed by atoms with Crippen molar-refractivity contribution in [2.75, 3.05) is 0 Å². The van der Waals surface area contributed by atoms with Crippen molar-refractivity contribution >= 4 is 0 Å². The van der Waals surface area contributed by atoms with Gasteiger partial charge in [0.25, 0.3) is 0 Å². The number of hydrogen-bond donors (Lipinski definition) is 2. The van der Waals surface area contributed by atoms with E-state index in [9.17, 15) is 10.2 Å². The van der Waals surface area contributed by atoms with Crippen LogP contribution >= 0.6 is 0 Å². The summed E-state index contributed by atoms with van der Waals surface area (Å²) in [5, 5.41) is 21.3. The van der Waals surface area contributed by atoms with Gasteiger partial charge in [-0.2, -0.15) is 0 Å². The van der Waals surface area contributed by atoms with Gasteiger partial charge in [-0.15, -0.1) is 6.58 Å². The van der Waals surface area contributed by atoms with Crippen LogP contribution in [0.15, 0.2) is 43.0 Å². The molecule has 0 aromatic heterocycles. The summed E-state index contributed by atoms with van der Waals surface area (Å²) in [5.74, 6) is 0.705. The molecule has 0 aliphatic heterocycles. The molecular weight excluding hydrogens is 284 g/mol. The Labute approximate surface area is 139 Å². The Morgan fingerprint density at radius 2 is 2.13 bits per heavy atom. The van der Waals surface area contributed by atoms with E-state index in [0.29, 0.717) is 5.56 Å². The molecule has 2 nitrogen and oxygen atoms in total. The Hall–Kier alpha value is -1.96. The molecule has 0 bridgehead atoms. The summed E-state index contributed by atoms with van der Waals surface area (Å²) in [5.41, 5.74) is 3.64. The fourth-order valence-electron chi connectivity index (χ4n) is 3.53. The van der Waals surface area contributed by atoms with E-state index in [4.69, 9.17) is 0 Å². The molecule has 0 saturated heterocycles. The van der Waals surface area contributed by atoms with Crippen molar-refractivity contribution in [3.8, 4) is 11.5 Å². The summed E-state index contributed by atoms with van der Waals surface area (Å²) in [7, 11) is 0. The minimum absolute atomic E-state index is 0.00201. The Balaban J connectivity index is 2.41. The molecule has 0 radical (unpaired) electrons. The van der Waals surface area contributed by atoms with E-state index in [0.717, 1.165) is 48.8 Å². The van der Waals surface area contributed by atoms with Crippen LogP contribution in [0.4, 0.5) is 0 Å². The van der Waals surface area contributed by atoms with Crippen molar-refractivity contribution in [1.82, 2.24) is 0 Å². The number of hydrogen-bond acceptors (Lipinski definition) is 2. The largest absolute Gasteiger partial charge is 0.507 e. The average molecular weight is 312 g/mol. The molecule has 23 heavy (non-hydrogen) atoms. The normalized spacial score (nSPS) is 20.4. The number of rotatable bonds is 6. The lowest BCUT2D eigenvalue weighted by atomic mass is 9.75. The molecule has 1 aromatic rings. The van der Waals surface area contributed by atoms with Crippen LogP contribution in [0.1, 0.15) is 55.2 Å². The standard InChI is InChI=1S/C21H28O2/c1-5-6-7-10-16-13-19(22)20(21(23)15(16)4)18-12-9-8-11-17(18)14(2)3/h5,9,12-13,17-18,22-23H,1-2,6-8,10-11H2,3-4H3. The van der Waals surface area contributed by atoms with Crippen LogP contribution in [-0.4, -0.2) is 10.2 Å². The second kappa shape index (κ2) is 7.54. The maximum absolute atomic E-state index is 10.7. The summed E-state index contributed by atoms with van der Waals surface area (Å²) < 4.78 is 0. The summed E-state index contributed by atoms with van der Waals surface area (Å²) in [6.45, 7) is 11.8. The highest BCUT2D eigenvalue weighted by atomic mass is 16.3. The van der Waals surface area contributed by atoms with Gasteiger partial charge >= 0.3 is 0 Å². The first-order valence-electron chi connectivity index (χ1n) is 8.44. The molecular formula is C21H28O2. The fourth-order valence-corrected chi connectivity index (χ4v) is 3.53. The van der Waals surface area contributed by atoms with Crippen LogP contribution in [0.3, 0.4) is 0 Å². The third-order valence-electron chi connectivity index (χ3n) is 4.92. The van der Waals surface area contributed by atoms with E-state index >= 15 is 0 Å². The summed E-state index contributed by atoms with van der Waals surface area (Å²) in [6, 6.07) is 1.82. The number of aryl methyl sites for hydroxylation is 1. The van der Waals surface area contributed by atoms with Gasteiger partial charge < -0.3 is 10.2 Å². The van der Waals surface area contributed by atoms with Gasteiger partial charge in [-0.05, 0) is 69.1 Å². The van der Waals surface area contributed by atoms with Gasteiger partial charge in [-0.3, -0.25) is 0 Å². The lowest BCUT2D eigenvalue weighted by Crippen LogP contribution is -2.16. The number of unbranched alkanes of at least 4 members (excludes halogenated alkanes) is 1. The smallest absolute Gasteiger partial charge is 0.126 e. The van der Waals surface area contributed by atoms with Crippen molar-refractivity contribution in [3.63, 3.8) is 0 Å². The zero-order chi connectivity index (χ0) is 17.0. The molecule has 2 N–H and O–H groups in total. The SMILES string of the molecule is C=CCCCc1cc(O)c(C2C=CCCC2C(=C)C)c(O)c1C. The summed E-state index contributed by atoms with van der Waals surface area (Å²) >= 11 is 0. The Bertz CT molecular complexity index is 625. The van der Waals surface area contributed by atoms with Crippen LogP contribution in [0.2, 0.25) is 0 Å². The molecule has 0 heterocycles. The van der Waals surface area contributed by atoms with Gasteiger partial charge in [0, 0.05) is 11.5 Å². The second-order valence-corrected chi connectivity index (χ2v) is 6.61. The summed E-state index contributed by atoms with van der Waals surface area (Å²) in [6.07, 6.45) is 10.9. The Morgan fingerprint density at radius 1 is 1.39 bits per heavy atom. The third-order valence-corrected chi connectivity index (χ3v) is 4.92. The molecule has 1 aromatic carbocycles. The molecule has 0 spiro atoms. The topological polar surface area (TPSA) is 40.5 Å². The highest BCUT2D eigenvalue weighted by Crippen LogP contribution is 2.46. The van der Waals surface area contributed by atoms with Crippen molar-refractivity contribution in [2.45, 2.75) is 51.9 Å². The molecule has 2 rings (SSSR count). The maximum atomic E-state index is 10.7. The van der Waals surface area contributed by atoms with Crippen molar-refractivity contribution in [3.05, 3.63) is 59.7 Å². The predicted octanol–water partition coefficient (Wildman–Crippen LogP) is 5.54. The molecule has 1 aliphatic carbocycles. The quantitative estimate of drug-likeness (QED) is 0.535. The monoisotopic (exact) mass is 312 g/mol. The van der Waals surface area contributed by atoms with Gasteiger partial charge in [0.05, 0.1) is 0 Å². The van der Waals surface area contributed by atoms with Crippen LogP contribution in [0, 0.1) is 12.8 Å². The van der Waals surface area contributed by atoms with Gasteiger partial charge in [-0.25, -0.2) is 0 Å². The Morgan fingerprint density at radius 3 is 2.78 bits per heavy atom. The van der Waals surface area contributed by atoms with Crippen LogP contribution in [0.5, 0.6) is 11.5 Å². The number of aromatic hydroxyl groups is 2. The van der Waals surface area contributed by atoms with E-state index in [1.807, 2.05) is 26.0 Å². The van der Waals surface area contributed by atoms with Crippen LogP contribution in [0.25, 0.3) is 0 Å². The van der Waals surface area contributed by atoms with Crippen molar-refractivity contribution < 1.29 is 10.2 Å². The Kier molecular flexibility index (Phi) is 5.70. The molecule has 124 valence electrons. The zero-order valence-electron chi connectivity index (χ0n) is 14.3. The number of benzene rings is 1. The lowest BCUT2D eigenvalue weighted by molar-refractivity contribution is 0.406. The predicted molar refractivity (Wildman–Crippen MR) is 97.1 cm³/mol. The van der Waals surface area contributed by atoms with Gasteiger partial charge in [-0.1, -0.05) is 30.4 Å². The van der Waals surface area contributed by atoms with Crippen LogP contribution < -0.4 is 0 Å². The molecule has 1 aliphatic rings. The molecule has 2 unspecified atom stereocenters. The molecule has 0 fully saturated rings. The molecule has 0 saturated carbocycles. The maximum Gasteiger partial charge on any atom is 0.126 e. The fraction of sp³-hybridized carbons (Fsp3) is 0.429. The van der Waals surface area contributed by atoms with Crippen LogP contribution in [-0.2, 0) is 6.42 Å². The summed E-state index contributed by atoms with van der Waals surface area (Å²) in [4.78, 5) is 0. The van der Waals surface area contributed by atoms with E-state index in [-0.39, 0.29) is 23.3 Å². The highest BCUT2D eigenvalue weighted by Gasteiger charge is 2.29. The zero-order valence-corrected chi connectivity index (χ0v) is 14.3. The van der Waals surface area contributed by atoms with Crippen molar-refractivity contribution in [2.24, 2.45) is 5.92 Å². The van der Waals surface area contributed by atoms with E-state index in [1.165, 1.54) is 0 Å². The number of phenols is 2. The van der Waals surface area contributed by atoms with E-state index < -0.39 is 0 Å². The number of allylic oxidation sites excluding steroid dienone is 4. The van der Waals surface area contributed by atoms with Gasteiger partial charge in [0.15, 0.2) is 0 Å². The first kappa shape index (κ1) is 17.4. The van der Waals surface area contributed by atoms with E-state index in [2.05, 4.69) is 25.3 Å². The molecule has 2 atom stereocenters. The minimum Gasteiger partial charge on any atom is -0.507 e. The first-order chi connectivity index (χ1) is 11.0.